The van der Waals surface area contributed by atoms with Gasteiger partial charge in [0.25, 0.3) is 5.92 Å². The number of anilines is 3. The van der Waals surface area contributed by atoms with Gasteiger partial charge in [0.2, 0.25) is 11.8 Å². The molecule has 1 fully saturated rings. The topological polar surface area (TPSA) is 106 Å². The van der Waals surface area contributed by atoms with E-state index in [2.05, 4.69) is 20.6 Å². The number of methoxy groups -OCH3 is 1. The summed E-state index contributed by atoms with van der Waals surface area (Å²) in [4.78, 5) is 34.1. The summed E-state index contributed by atoms with van der Waals surface area (Å²) >= 11 is 0. The Balaban J connectivity index is 1.36. The van der Waals surface area contributed by atoms with E-state index in [9.17, 15) is 22.8 Å². The number of hydrogen-bond acceptors (Lipinski definition) is 7. The fourth-order valence-corrected chi connectivity index (χ4v) is 3.85. The van der Waals surface area contributed by atoms with Crippen molar-refractivity contribution >= 4 is 39.9 Å². The Bertz CT molecular complexity index is 1260. The number of alkyl halides is 2. The summed E-state index contributed by atoms with van der Waals surface area (Å²) in [5.41, 5.74) is 1.36. The lowest BCUT2D eigenvalue weighted by Gasteiger charge is -2.31. The van der Waals surface area contributed by atoms with Crippen molar-refractivity contribution in [2.75, 3.05) is 44.0 Å². The van der Waals surface area contributed by atoms with Crippen LogP contribution >= 0.6 is 0 Å². The van der Waals surface area contributed by atoms with Crippen LogP contribution in [0.5, 0.6) is 5.75 Å². The number of nitrogens with zero attached hydrogens (tertiary/aromatic N) is 3. The fourth-order valence-electron chi connectivity index (χ4n) is 3.85. The molecule has 0 radical (unpaired) electrons. The minimum absolute atomic E-state index is 0.0695. The number of fused-ring (bicyclic) bond motifs is 1. The van der Waals surface area contributed by atoms with Gasteiger partial charge in [0, 0.05) is 56.5 Å². The van der Waals surface area contributed by atoms with Crippen molar-refractivity contribution in [2.45, 2.75) is 25.2 Å². The lowest BCUT2D eigenvalue weighted by atomic mass is 10.1. The number of rotatable bonds is 9. The third-order valence-electron chi connectivity index (χ3n) is 5.81. The van der Waals surface area contributed by atoms with Crippen molar-refractivity contribution in [3.63, 3.8) is 0 Å². The zero-order valence-electron chi connectivity index (χ0n) is 20.1. The van der Waals surface area contributed by atoms with E-state index in [4.69, 9.17) is 9.47 Å². The van der Waals surface area contributed by atoms with Gasteiger partial charge in [0.05, 0.1) is 17.5 Å². The standard InChI is InChI=1S/C25H26F3N5O4/c1-36-10-11-37-18-12-19(26)23-20(13-18)29-15-30-24(23)32-17-4-2-16(3-5-17)31-21(34)14-22(35)33-8-6-25(27,28)7-9-33/h2-5,12-13,15H,6-11,14H2,1H3,(H,31,34)(H,29,30,32). The van der Waals surface area contributed by atoms with Gasteiger partial charge in [-0.1, -0.05) is 0 Å². The van der Waals surface area contributed by atoms with Crippen molar-refractivity contribution in [3.05, 3.63) is 48.5 Å². The molecule has 0 saturated carbocycles. The minimum Gasteiger partial charge on any atom is -0.491 e. The third kappa shape index (κ3) is 6.85. The number of nitrogens with one attached hydrogen (secondary N) is 2. The second-order valence-corrected chi connectivity index (χ2v) is 8.53. The maximum atomic E-state index is 14.9. The van der Waals surface area contributed by atoms with Crippen LogP contribution < -0.4 is 15.4 Å². The molecule has 1 aliphatic rings. The zero-order valence-corrected chi connectivity index (χ0v) is 20.1. The van der Waals surface area contributed by atoms with E-state index < -0.39 is 42.8 Å². The quantitative estimate of drug-likeness (QED) is 0.325. The molecule has 2 amide bonds. The predicted octanol–water partition coefficient (Wildman–Crippen LogP) is 4.12. The average molecular weight is 518 g/mol. The van der Waals surface area contributed by atoms with Gasteiger partial charge >= 0.3 is 0 Å². The number of amides is 2. The number of ether oxygens (including phenoxy) is 2. The first kappa shape index (κ1) is 26.1. The lowest BCUT2D eigenvalue weighted by Crippen LogP contribution is -2.43. The van der Waals surface area contributed by atoms with Gasteiger partial charge in [0.15, 0.2) is 0 Å². The van der Waals surface area contributed by atoms with Crippen LogP contribution in [0.1, 0.15) is 19.3 Å². The van der Waals surface area contributed by atoms with E-state index in [-0.39, 0.29) is 30.9 Å². The Kier molecular flexibility index (Phi) is 8.07. The maximum absolute atomic E-state index is 14.9. The number of benzene rings is 2. The van der Waals surface area contributed by atoms with E-state index in [0.717, 1.165) is 0 Å². The Morgan fingerprint density at radius 3 is 2.46 bits per heavy atom. The molecule has 2 heterocycles. The van der Waals surface area contributed by atoms with Crippen LogP contribution in [-0.2, 0) is 14.3 Å². The molecular formula is C25H26F3N5O4. The van der Waals surface area contributed by atoms with Crippen LogP contribution in [-0.4, -0.2) is 66.0 Å². The van der Waals surface area contributed by atoms with Crippen LogP contribution in [0.15, 0.2) is 42.7 Å². The van der Waals surface area contributed by atoms with E-state index in [1.165, 1.54) is 17.3 Å². The van der Waals surface area contributed by atoms with Gasteiger partial charge in [-0.05, 0) is 24.3 Å². The molecule has 37 heavy (non-hydrogen) atoms. The number of piperidine rings is 1. The summed E-state index contributed by atoms with van der Waals surface area (Å²) < 4.78 is 51.8. The van der Waals surface area contributed by atoms with E-state index >= 15 is 0 Å². The molecule has 0 unspecified atom stereocenters. The van der Waals surface area contributed by atoms with Gasteiger partial charge < -0.3 is 25.0 Å². The van der Waals surface area contributed by atoms with Crippen LogP contribution in [0.4, 0.5) is 30.4 Å². The van der Waals surface area contributed by atoms with Crippen molar-refractivity contribution in [1.82, 2.24) is 14.9 Å². The van der Waals surface area contributed by atoms with Gasteiger partial charge in [-0.15, -0.1) is 0 Å². The number of carbonyl (C=O) groups is 2. The fraction of sp³-hybridized carbons (Fsp3) is 0.360. The van der Waals surface area contributed by atoms with Gasteiger partial charge in [-0.2, -0.15) is 0 Å². The lowest BCUT2D eigenvalue weighted by molar-refractivity contribution is -0.139. The van der Waals surface area contributed by atoms with Crippen molar-refractivity contribution in [1.29, 1.82) is 0 Å². The third-order valence-corrected chi connectivity index (χ3v) is 5.81. The highest BCUT2D eigenvalue weighted by molar-refractivity contribution is 6.03. The number of aromatic nitrogens is 2. The second-order valence-electron chi connectivity index (χ2n) is 8.53. The Morgan fingerprint density at radius 2 is 1.76 bits per heavy atom. The Morgan fingerprint density at radius 1 is 1.05 bits per heavy atom. The molecule has 4 rings (SSSR count). The summed E-state index contributed by atoms with van der Waals surface area (Å²) in [7, 11) is 1.54. The molecule has 0 bridgehead atoms. The van der Waals surface area contributed by atoms with E-state index in [1.807, 2.05) is 0 Å². The number of halogens is 3. The molecule has 3 aromatic rings. The van der Waals surface area contributed by atoms with Gasteiger partial charge in [-0.3, -0.25) is 9.59 Å². The van der Waals surface area contributed by atoms with Crippen LogP contribution in [0, 0.1) is 5.82 Å². The first-order chi connectivity index (χ1) is 17.7. The zero-order chi connectivity index (χ0) is 26.4. The molecule has 2 N–H and O–H groups in total. The van der Waals surface area contributed by atoms with E-state index in [0.29, 0.717) is 29.2 Å². The summed E-state index contributed by atoms with van der Waals surface area (Å²) in [5, 5.41) is 5.84. The van der Waals surface area contributed by atoms with Gasteiger partial charge in [-0.25, -0.2) is 23.1 Å². The normalized spacial score (nSPS) is 14.9. The Hall–Kier alpha value is -3.93. The van der Waals surface area contributed by atoms with Crippen LogP contribution in [0.25, 0.3) is 10.9 Å². The van der Waals surface area contributed by atoms with Crippen molar-refractivity contribution in [3.8, 4) is 5.75 Å². The van der Waals surface area contributed by atoms with E-state index in [1.54, 1.807) is 37.4 Å². The second kappa shape index (κ2) is 11.4. The molecule has 1 aliphatic heterocycles. The molecule has 9 nitrogen and oxygen atoms in total. The molecular weight excluding hydrogens is 491 g/mol. The molecule has 0 aliphatic carbocycles. The van der Waals surface area contributed by atoms with Crippen LogP contribution in [0.3, 0.4) is 0 Å². The number of hydrogen-bond donors (Lipinski definition) is 2. The Labute approximate surface area is 211 Å². The first-order valence-electron chi connectivity index (χ1n) is 11.6. The molecule has 2 aromatic carbocycles. The molecule has 0 spiro atoms. The maximum Gasteiger partial charge on any atom is 0.251 e. The summed E-state index contributed by atoms with van der Waals surface area (Å²) in [6, 6.07) is 9.37. The predicted molar refractivity (Wildman–Crippen MR) is 131 cm³/mol. The minimum atomic E-state index is -2.76. The summed E-state index contributed by atoms with van der Waals surface area (Å²) in [6.07, 6.45) is 0.0698. The van der Waals surface area contributed by atoms with Gasteiger partial charge in [0.1, 0.15) is 36.7 Å². The highest BCUT2D eigenvalue weighted by Gasteiger charge is 2.35. The summed E-state index contributed by atoms with van der Waals surface area (Å²) in [5.74, 6) is -3.78. The molecule has 1 saturated heterocycles. The monoisotopic (exact) mass is 517 g/mol. The molecule has 12 heteroatoms. The number of likely N-dealkylation sites (tertiary alicyclic amines) is 1. The largest absolute Gasteiger partial charge is 0.491 e. The number of carbonyl (C=O) groups excluding carboxylic acids is 2. The van der Waals surface area contributed by atoms with Crippen molar-refractivity contribution in [2.24, 2.45) is 0 Å². The van der Waals surface area contributed by atoms with Crippen LogP contribution in [0.2, 0.25) is 0 Å². The molecule has 196 valence electrons. The smallest absolute Gasteiger partial charge is 0.251 e. The highest BCUT2D eigenvalue weighted by Crippen LogP contribution is 2.30. The highest BCUT2D eigenvalue weighted by atomic mass is 19.3. The molecule has 1 aromatic heterocycles. The average Bonchev–Trinajstić information content (AvgIpc) is 2.85. The van der Waals surface area contributed by atoms with Crippen molar-refractivity contribution < 1.29 is 32.2 Å². The SMILES string of the molecule is COCCOc1cc(F)c2c(Nc3ccc(NC(=O)CC(=O)N4CCC(F)(F)CC4)cc3)ncnc2c1. The first-order valence-corrected chi connectivity index (χ1v) is 11.6. The summed E-state index contributed by atoms with van der Waals surface area (Å²) in [6.45, 7) is 0.495. The molecule has 0 atom stereocenters.